The van der Waals surface area contributed by atoms with Gasteiger partial charge in [0, 0.05) is 21.0 Å². The molecule has 0 saturated heterocycles. The van der Waals surface area contributed by atoms with E-state index < -0.39 is 0 Å². The van der Waals surface area contributed by atoms with E-state index in [1.807, 2.05) is 53.0 Å². The molecule has 6 rings (SSSR count). The van der Waals surface area contributed by atoms with Gasteiger partial charge < -0.3 is 4.90 Å². The van der Waals surface area contributed by atoms with E-state index in [9.17, 15) is 0 Å². The van der Waals surface area contributed by atoms with Crippen LogP contribution in [-0.4, -0.2) is 15.0 Å². The van der Waals surface area contributed by atoms with Crippen molar-refractivity contribution in [1.82, 2.24) is 15.0 Å². The second-order valence-corrected chi connectivity index (χ2v) is 8.39. The second kappa shape index (κ2) is 7.45. The molecule has 0 fully saturated rings. The minimum atomic E-state index is 0.857. The summed E-state index contributed by atoms with van der Waals surface area (Å²) in [5.41, 5.74) is 6.35. The molecule has 5 heteroatoms. The lowest BCUT2D eigenvalue weighted by Crippen LogP contribution is -2.15. The Balaban J connectivity index is 1.44. The number of nitrogens with zero attached hydrogens (tertiary/aromatic N) is 4. The normalized spacial score (nSPS) is 12.3. The first-order chi connectivity index (χ1) is 15.4. The third kappa shape index (κ3) is 3.20. The van der Waals surface area contributed by atoms with Crippen molar-refractivity contribution < 1.29 is 0 Å². The molecule has 0 atom stereocenters. The number of para-hydroxylation sites is 2. The van der Waals surface area contributed by atoms with Gasteiger partial charge in [-0.1, -0.05) is 77.6 Å². The van der Waals surface area contributed by atoms with Gasteiger partial charge in [0.25, 0.3) is 0 Å². The van der Waals surface area contributed by atoms with Crippen molar-refractivity contribution in [2.45, 2.75) is 9.79 Å². The Morgan fingerprint density at radius 2 is 1.26 bits per heavy atom. The molecule has 0 amide bonds. The highest BCUT2D eigenvalue weighted by atomic mass is 32.2. The Kier molecular flexibility index (Phi) is 4.32. The van der Waals surface area contributed by atoms with Crippen LogP contribution in [0.15, 0.2) is 119 Å². The molecule has 31 heavy (non-hydrogen) atoms. The third-order valence-electron chi connectivity index (χ3n) is 5.35. The van der Waals surface area contributed by atoms with Crippen molar-refractivity contribution in [3.8, 4) is 16.9 Å². The number of benzene rings is 4. The Bertz CT molecular complexity index is 1330. The van der Waals surface area contributed by atoms with Crippen molar-refractivity contribution >= 4 is 28.8 Å². The van der Waals surface area contributed by atoms with Crippen molar-refractivity contribution in [3.05, 3.63) is 109 Å². The average Bonchev–Trinajstić information content (AvgIpc) is 3.34. The Morgan fingerprint density at radius 3 is 2.00 bits per heavy atom. The van der Waals surface area contributed by atoms with Crippen LogP contribution in [0.2, 0.25) is 0 Å². The number of anilines is 3. The van der Waals surface area contributed by atoms with Crippen LogP contribution in [0.3, 0.4) is 0 Å². The zero-order chi connectivity index (χ0) is 20.6. The topological polar surface area (TPSA) is 34.0 Å². The highest BCUT2D eigenvalue weighted by Gasteiger charge is 2.24. The Labute approximate surface area is 184 Å². The minimum absolute atomic E-state index is 0.857. The third-order valence-corrected chi connectivity index (χ3v) is 6.48. The molecule has 0 saturated carbocycles. The second-order valence-electron chi connectivity index (χ2n) is 7.31. The number of fused-ring (bicyclic) bond motifs is 2. The number of hydrogen-bond acceptors (Lipinski definition) is 4. The highest BCUT2D eigenvalue weighted by molar-refractivity contribution is 7.99. The lowest BCUT2D eigenvalue weighted by Gasteiger charge is -2.33. The smallest absolute Gasteiger partial charge is 0.113 e. The van der Waals surface area contributed by atoms with Crippen LogP contribution in [0.25, 0.3) is 16.9 Å². The molecule has 0 N–H and O–H groups in total. The van der Waals surface area contributed by atoms with E-state index in [0.717, 1.165) is 22.6 Å². The molecular weight excluding hydrogens is 400 g/mol. The van der Waals surface area contributed by atoms with E-state index in [2.05, 4.69) is 88.0 Å². The number of aromatic nitrogens is 3. The maximum Gasteiger partial charge on any atom is 0.113 e. The fourth-order valence-electron chi connectivity index (χ4n) is 3.89. The number of hydrogen-bond donors (Lipinski definition) is 0. The largest absolute Gasteiger partial charge is 0.308 e. The quantitative estimate of drug-likeness (QED) is 0.314. The summed E-state index contributed by atoms with van der Waals surface area (Å²) in [6.07, 6.45) is 1.97. The molecule has 1 aliphatic heterocycles. The summed E-state index contributed by atoms with van der Waals surface area (Å²) in [7, 11) is 0. The zero-order valence-corrected chi connectivity index (χ0v) is 17.4. The van der Waals surface area contributed by atoms with Crippen LogP contribution in [0, 0.1) is 0 Å². The molecule has 4 nitrogen and oxygen atoms in total. The van der Waals surface area contributed by atoms with Gasteiger partial charge >= 0.3 is 0 Å². The van der Waals surface area contributed by atoms with Gasteiger partial charge in [-0.05, 0) is 42.5 Å². The lowest BCUT2D eigenvalue weighted by atomic mass is 10.1. The summed E-state index contributed by atoms with van der Waals surface area (Å²) in [6.45, 7) is 0. The van der Waals surface area contributed by atoms with Crippen LogP contribution in [0.5, 0.6) is 0 Å². The van der Waals surface area contributed by atoms with E-state index in [4.69, 9.17) is 0 Å². The van der Waals surface area contributed by atoms with E-state index in [1.165, 1.54) is 21.2 Å². The predicted molar refractivity (Wildman–Crippen MR) is 126 cm³/mol. The first kappa shape index (κ1) is 18.0. The summed E-state index contributed by atoms with van der Waals surface area (Å²) in [5.74, 6) is 0. The molecular formula is C26H18N4S. The van der Waals surface area contributed by atoms with Crippen molar-refractivity contribution in [2.24, 2.45) is 0 Å². The molecule has 1 aliphatic rings. The Morgan fingerprint density at radius 1 is 0.613 bits per heavy atom. The van der Waals surface area contributed by atoms with Crippen LogP contribution in [-0.2, 0) is 0 Å². The molecule has 0 spiro atoms. The van der Waals surface area contributed by atoms with Gasteiger partial charge in [0.2, 0.25) is 0 Å². The van der Waals surface area contributed by atoms with Crippen LogP contribution >= 0.6 is 11.8 Å². The molecule has 0 bridgehead atoms. The minimum Gasteiger partial charge on any atom is -0.308 e. The molecule has 2 heterocycles. The zero-order valence-electron chi connectivity index (χ0n) is 16.6. The van der Waals surface area contributed by atoms with Crippen molar-refractivity contribution in [2.75, 3.05) is 4.90 Å². The Hall–Kier alpha value is -3.83. The summed E-state index contributed by atoms with van der Waals surface area (Å²) in [6, 6.07) is 35.6. The maximum atomic E-state index is 4.38. The molecule has 0 unspecified atom stereocenters. The first-order valence-electron chi connectivity index (χ1n) is 10.1. The average molecular weight is 419 g/mol. The maximum absolute atomic E-state index is 4.38. The van der Waals surface area contributed by atoms with Gasteiger partial charge in [0.05, 0.1) is 23.3 Å². The fraction of sp³-hybridized carbons (Fsp3) is 0. The molecule has 0 radical (unpaired) electrons. The summed E-state index contributed by atoms with van der Waals surface area (Å²) in [4.78, 5) is 4.82. The van der Waals surface area contributed by atoms with Crippen LogP contribution in [0.1, 0.15) is 0 Å². The van der Waals surface area contributed by atoms with Crippen LogP contribution in [0.4, 0.5) is 17.1 Å². The van der Waals surface area contributed by atoms with E-state index in [1.54, 1.807) is 0 Å². The fourth-order valence-corrected chi connectivity index (χ4v) is 4.95. The van der Waals surface area contributed by atoms with Crippen molar-refractivity contribution in [3.63, 3.8) is 0 Å². The van der Waals surface area contributed by atoms with Gasteiger partial charge in [-0.3, -0.25) is 0 Å². The van der Waals surface area contributed by atoms with Gasteiger partial charge in [0.1, 0.15) is 5.69 Å². The monoisotopic (exact) mass is 418 g/mol. The first-order valence-corrected chi connectivity index (χ1v) is 10.9. The van der Waals surface area contributed by atoms with E-state index in [0.29, 0.717) is 0 Å². The summed E-state index contributed by atoms with van der Waals surface area (Å²) in [5, 5.41) is 8.75. The van der Waals surface area contributed by atoms with Crippen LogP contribution < -0.4 is 4.90 Å². The summed E-state index contributed by atoms with van der Waals surface area (Å²) < 4.78 is 1.84. The molecule has 0 aliphatic carbocycles. The van der Waals surface area contributed by atoms with Gasteiger partial charge in [-0.2, -0.15) is 0 Å². The highest BCUT2D eigenvalue weighted by Crippen LogP contribution is 2.51. The molecule has 1 aromatic heterocycles. The molecule has 5 aromatic rings. The van der Waals surface area contributed by atoms with Gasteiger partial charge in [-0.15, -0.1) is 5.10 Å². The van der Waals surface area contributed by atoms with E-state index >= 15 is 0 Å². The predicted octanol–water partition coefficient (Wildman–Crippen LogP) is 6.87. The number of rotatable bonds is 3. The van der Waals surface area contributed by atoms with Crippen molar-refractivity contribution in [1.29, 1.82) is 0 Å². The standard InChI is InChI=1S/C26H18N4S/c1-2-9-19(10-3-1)22-18-29(28-27-22)20-11-8-12-21(17-20)30-23-13-4-6-15-25(23)31-26-16-7-5-14-24(26)30/h1-18H. The SMILES string of the molecule is c1ccc(-c2cn(-c3cccc(N4c5ccccc5Sc5ccccc54)c3)nn2)cc1. The van der Waals surface area contributed by atoms with Gasteiger partial charge in [0.15, 0.2) is 0 Å². The lowest BCUT2D eigenvalue weighted by molar-refractivity contribution is 0.804. The van der Waals surface area contributed by atoms with Gasteiger partial charge in [-0.25, -0.2) is 4.68 Å². The summed E-state index contributed by atoms with van der Waals surface area (Å²) >= 11 is 1.81. The molecule has 148 valence electrons. The molecule has 4 aromatic carbocycles. The van der Waals surface area contributed by atoms with E-state index in [-0.39, 0.29) is 0 Å².